The second-order valence-corrected chi connectivity index (χ2v) is 24.6. The lowest BCUT2D eigenvalue weighted by Gasteiger charge is -2.39. The Morgan fingerprint density at radius 2 is 1.76 bits per heavy atom. The highest BCUT2D eigenvalue weighted by molar-refractivity contribution is 7.12. The van der Waals surface area contributed by atoms with Crippen molar-refractivity contribution in [1.82, 2.24) is 30.2 Å². The molecule has 330 valence electrons. The van der Waals surface area contributed by atoms with Gasteiger partial charge in [-0.05, 0) is 110 Å². The molecule has 4 aromatic heterocycles. The SMILES string of the molecule is CN(CCCn1nnc2cc(CNCC(O[Si](C)(C)C(C)(C)C)c3ccc(O)c4[nH]c(=O)ccc34)c3c(c21)OCO3)C1CCC(OC(=O)C(O)(c2cccs2)c2cccs2)CC1. The third-order valence-corrected chi connectivity index (χ3v) is 19.2. The standard InChI is InChI=1S/C45H56N6O8S2Si/c1-44(2,3)62(5,6)59-35(31-16-18-34(52)39-32(31)17-19-38(53)47-39)26-46-25-28-24-33-40(42-41(28)56-27-57-42)51(49-48-33)21-9-20-50(4)29-12-14-30(15-13-29)58-43(54)45(55,36-10-7-22-60-36)37-11-8-23-61-37/h7-8,10-11,16-19,22-24,29-30,35,46,52,55H,9,12-15,20-21,25-27H2,1-6H3,(H,47,53). The van der Waals surface area contributed by atoms with Crippen molar-refractivity contribution < 1.29 is 33.6 Å². The predicted octanol–water partition coefficient (Wildman–Crippen LogP) is 7.80. The molecule has 0 saturated heterocycles. The van der Waals surface area contributed by atoms with Gasteiger partial charge in [-0.25, -0.2) is 9.48 Å². The molecule has 1 atom stereocenters. The van der Waals surface area contributed by atoms with Crippen LogP contribution in [0.5, 0.6) is 17.2 Å². The summed E-state index contributed by atoms with van der Waals surface area (Å²) in [6, 6.07) is 16.3. The molecule has 14 nitrogen and oxygen atoms in total. The number of aromatic amines is 1. The van der Waals surface area contributed by atoms with Crippen LogP contribution < -0.4 is 20.3 Å². The second kappa shape index (κ2) is 17.9. The molecule has 5 heterocycles. The molecule has 1 aliphatic heterocycles. The van der Waals surface area contributed by atoms with E-state index in [1.165, 1.54) is 28.7 Å². The number of hydrogen-bond donors (Lipinski definition) is 4. The van der Waals surface area contributed by atoms with E-state index in [1.807, 2.05) is 39.7 Å². The van der Waals surface area contributed by atoms with Gasteiger partial charge in [0.2, 0.25) is 18.0 Å². The van der Waals surface area contributed by atoms with Crippen LogP contribution >= 0.6 is 22.7 Å². The fraction of sp³-hybridized carbons (Fsp3) is 0.467. The molecule has 1 unspecified atom stereocenters. The van der Waals surface area contributed by atoms with E-state index in [0.717, 1.165) is 66.2 Å². The maximum atomic E-state index is 13.5. The van der Waals surface area contributed by atoms with Crippen molar-refractivity contribution in [2.45, 2.75) is 108 Å². The number of aromatic nitrogens is 4. The number of fused-ring (bicyclic) bond motifs is 4. The predicted molar refractivity (Wildman–Crippen MR) is 244 cm³/mol. The minimum Gasteiger partial charge on any atom is -0.506 e. The van der Waals surface area contributed by atoms with Crippen molar-refractivity contribution in [2.75, 3.05) is 26.9 Å². The summed E-state index contributed by atoms with van der Waals surface area (Å²) in [5.74, 6) is 0.709. The number of aromatic hydroxyl groups is 1. The van der Waals surface area contributed by atoms with Gasteiger partial charge in [0.1, 0.15) is 22.9 Å². The van der Waals surface area contributed by atoms with Gasteiger partial charge in [0.05, 0.1) is 21.4 Å². The van der Waals surface area contributed by atoms with E-state index in [2.05, 4.69) is 66.4 Å². The number of carbonyl (C=O) groups excluding carboxylic acids is 1. The Kier molecular flexibility index (Phi) is 12.7. The molecule has 0 bridgehead atoms. The lowest BCUT2D eigenvalue weighted by Crippen LogP contribution is -2.43. The highest BCUT2D eigenvalue weighted by Crippen LogP contribution is 2.44. The van der Waals surface area contributed by atoms with Gasteiger partial charge in [-0.3, -0.25) is 4.79 Å². The molecule has 1 aliphatic carbocycles. The van der Waals surface area contributed by atoms with E-state index >= 15 is 0 Å². The second-order valence-electron chi connectivity index (χ2n) is 17.9. The number of nitrogens with zero attached hydrogens (tertiary/aromatic N) is 4. The fourth-order valence-electron chi connectivity index (χ4n) is 8.28. The highest BCUT2D eigenvalue weighted by Gasteiger charge is 2.45. The first-order chi connectivity index (χ1) is 29.6. The highest BCUT2D eigenvalue weighted by atomic mass is 32.1. The summed E-state index contributed by atoms with van der Waals surface area (Å²) in [4.78, 5) is 32.0. The summed E-state index contributed by atoms with van der Waals surface area (Å²) < 4.78 is 27.0. The first-order valence-electron chi connectivity index (χ1n) is 21.2. The van der Waals surface area contributed by atoms with Gasteiger partial charge in [-0.15, -0.1) is 27.8 Å². The molecule has 0 spiro atoms. The van der Waals surface area contributed by atoms with Crippen LogP contribution in [0, 0.1) is 0 Å². The number of benzene rings is 2. The van der Waals surface area contributed by atoms with Gasteiger partial charge < -0.3 is 44.1 Å². The van der Waals surface area contributed by atoms with E-state index in [1.54, 1.807) is 24.3 Å². The van der Waals surface area contributed by atoms with Gasteiger partial charge >= 0.3 is 5.97 Å². The molecule has 1 saturated carbocycles. The third-order valence-electron chi connectivity index (χ3n) is 12.8. The topological polar surface area (TPSA) is 173 Å². The number of aliphatic hydroxyl groups is 1. The number of esters is 1. The summed E-state index contributed by atoms with van der Waals surface area (Å²) in [6.45, 7) is 13.5. The van der Waals surface area contributed by atoms with Crippen molar-refractivity contribution in [1.29, 1.82) is 0 Å². The van der Waals surface area contributed by atoms with Gasteiger partial charge in [0.15, 0.2) is 19.8 Å². The lowest BCUT2D eigenvalue weighted by atomic mass is 9.91. The zero-order valence-corrected chi connectivity index (χ0v) is 38.7. The zero-order valence-electron chi connectivity index (χ0n) is 36.1. The van der Waals surface area contributed by atoms with E-state index in [9.17, 15) is 19.8 Å². The van der Waals surface area contributed by atoms with Crippen LogP contribution in [0.1, 0.15) is 79.9 Å². The molecular weight excluding hydrogens is 845 g/mol. The summed E-state index contributed by atoms with van der Waals surface area (Å²) in [5, 5.41) is 39.3. The van der Waals surface area contributed by atoms with Gasteiger partial charge in [-0.2, -0.15) is 0 Å². The van der Waals surface area contributed by atoms with Crippen LogP contribution in [0.3, 0.4) is 0 Å². The normalized spacial score (nSPS) is 17.6. The van der Waals surface area contributed by atoms with Crippen LogP contribution in [-0.4, -0.2) is 88.5 Å². The summed E-state index contributed by atoms with van der Waals surface area (Å²) in [5.41, 5.74) is 1.61. The van der Waals surface area contributed by atoms with E-state index in [0.29, 0.717) is 52.4 Å². The number of nitrogens with one attached hydrogen (secondary N) is 2. The van der Waals surface area contributed by atoms with Crippen molar-refractivity contribution in [3.8, 4) is 17.2 Å². The molecule has 62 heavy (non-hydrogen) atoms. The monoisotopic (exact) mass is 900 g/mol. The van der Waals surface area contributed by atoms with E-state index < -0.39 is 19.9 Å². The smallest absolute Gasteiger partial charge is 0.349 e. The Hall–Kier alpha value is -4.62. The number of ether oxygens (including phenoxy) is 3. The largest absolute Gasteiger partial charge is 0.506 e. The molecular formula is C45H56N6O8S2Si. The van der Waals surface area contributed by atoms with E-state index in [-0.39, 0.29) is 35.3 Å². The van der Waals surface area contributed by atoms with Crippen molar-refractivity contribution >= 4 is 58.9 Å². The Labute approximate surface area is 369 Å². The molecule has 2 aliphatic rings. The number of phenols is 1. The number of carbonyl (C=O) groups is 1. The minimum atomic E-state index is -2.27. The summed E-state index contributed by atoms with van der Waals surface area (Å²) >= 11 is 2.70. The maximum absolute atomic E-state index is 13.5. The number of pyridine rings is 1. The minimum absolute atomic E-state index is 0.0109. The van der Waals surface area contributed by atoms with Gasteiger partial charge in [-0.1, -0.05) is 44.2 Å². The average Bonchev–Trinajstić information content (AvgIpc) is 4.09. The molecule has 0 amide bonds. The van der Waals surface area contributed by atoms with Crippen LogP contribution in [0.4, 0.5) is 0 Å². The molecule has 2 aromatic carbocycles. The number of phenolic OH excluding ortho intramolecular Hbond substituents is 1. The number of aryl methyl sites for hydroxylation is 1. The molecule has 17 heteroatoms. The van der Waals surface area contributed by atoms with Crippen LogP contribution in [0.25, 0.3) is 21.9 Å². The molecule has 8 rings (SSSR count). The molecule has 6 aromatic rings. The number of rotatable bonds is 16. The molecule has 1 fully saturated rings. The van der Waals surface area contributed by atoms with Crippen LogP contribution in [-0.2, 0) is 32.6 Å². The van der Waals surface area contributed by atoms with Gasteiger partial charge in [0.25, 0.3) is 0 Å². The van der Waals surface area contributed by atoms with Crippen LogP contribution in [0.2, 0.25) is 18.1 Å². The lowest BCUT2D eigenvalue weighted by molar-refractivity contribution is -0.169. The average molecular weight is 901 g/mol. The Morgan fingerprint density at radius 3 is 2.44 bits per heavy atom. The van der Waals surface area contributed by atoms with Gasteiger partial charge in [0, 0.05) is 42.7 Å². The Balaban J connectivity index is 0.886. The summed E-state index contributed by atoms with van der Waals surface area (Å²) in [6.07, 6.45) is 3.48. The van der Waals surface area contributed by atoms with E-state index in [4.69, 9.17) is 18.6 Å². The third kappa shape index (κ3) is 8.80. The van der Waals surface area contributed by atoms with Crippen molar-refractivity contribution in [2.24, 2.45) is 0 Å². The van der Waals surface area contributed by atoms with Crippen molar-refractivity contribution in [3.05, 3.63) is 96.6 Å². The fourth-order valence-corrected chi connectivity index (χ4v) is 11.3. The summed E-state index contributed by atoms with van der Waals surface area (Å²) in [7, 11) is -0.125. The number of H-pyrrole nitrogens is 1. The maximum Gasteiger partial charge on any atom is 0.349 e. The first kappa shape index (κ1) is 44.0. The molecule has 4 N–H and O–H groups in total. The zero-order chi connectivity index (χ0) is 43.8. The molecule has 0 radical (unpaired) electrons. The first-order valence-corrected chi connectivity index (χ1v) is 25.9. The van der Waals surface area contributed by atoms with Crippen molar-refractivity contribution in [3.63, 3.8) is 0 Å². The Bertz CT molecular complexity index is 2530. The number of thiophene rings is 2. The number of hydrogen-bond acceptors (Lipinski definition) is 14. The quantitative estimate of drug-likeness (QED) is 0.0550. The Morgan fingerprint density at radius 1 is 1.05 bits per heavy atom. The van der Waals surface area contributed by atoms with Crippen LogP contribution in [0.15, 0.2) is 70.2 Å².